The van der Waals surface area contributed by atoms with Crippen LogP contribution in [-0.4, -0.2) is 42.0 Å². The average Bonchev–Trinajstić information content (AvgIpc) is 2.24. The molecule has 0 aromatic rings. The average molecular weight is 257 g/mol. The molecule has 0 bridgehead atoms. The maximum Gasteiger partial charge on any atom is 0.222 e. The Labute approximate surface area is 112 Å². The summed E-state index contributed by atoms with van der Waals surface area (Å²) in [6.07, 6.45) is 2.65. The van der Waals surface area contributed by atoms with E-state index < -0.39 is 0 Å². The summed E-state index contributed by atoms with van der Waals surface area (Å²) >= 11 is 0. The molecular weight excluding hydrogens is 226 g/mol. The number of likely N-dealkylation sites (N-methyl/N-ethyl adjacent to an activating group) is 1. The van der Waals surface area contributed by atoms with Gasteiger partial charge in [0, 0.05) is 30.6 Å². The minimum Gasteiger partial charge on any atom is -0.351 e. The molecule has 0 saturated heterocycles. The molecule has 0 saturated carbocycles. The Morgan fingerprint density at radius 1 is 1.22 bits per heavy atom. The molecule has 0 fully saturated rings. The third-order valence-corrected chi connectivity index (χ3v) is 3.30. The van der Waals surface area contributed by atoms with Gasteiger partial charge in [-0.15, -0.1) is 0 Å². The van der Waals surface area contributed by atoms with Crippen LogP contribution in [0.15, 0.2) is 0 Å². The lowest BCUT2D eigenvalue weighted by atomic mass is 10.0. The van der Waals surface area contributed by atoms with E-state index >= 15 is 0 Å². The van der Waals surface area contributed by atoms with E-state index in [4.69, 9.17) is 5.73 Å². The molecule has 4 nitrogen and oxygen atoms in total. The monoisotopic (exact) mass is 257 g/mol. The molecular formula is C14H31N3O. The Morgan fingerprint density at radius 3 is 2.06 bits per heavy atom. The van der Waals surface area contributed by atoms with Gasteiger partial charge in [0.25, 0.3) is 0 Å². The summed E-state index contributed by atoms with van der Waals surface area (Å²) in [6, 6.07) is 0.623. The number of nitrogens with zero attached hydrogens (tertiary/aromatic N) is 1. The van der Waals surface area contributed by atoms with Gasteiger partial charge in [-0.25, -0.2) is 0 Å². The van der Waals surface area contributed by atoms with Crippen molar-refractivity contribution in [2.45, 2.75) is 71.5 Å². The zero-order valence-corrected chi connectivity index (χ0v) is 12.9. The first kappa shape index (κ1) is 17.4. The van der Waals surface area contributed by atoms with Gasteiger partial charge < -0.3 is 11.1 Å². The van der Waals surface area contributed by atoms with E-state index in [9.17, 15) is 4.79 Å². The van der Waals surface area contributed by atoms with Crippen LogP contribution in [0.4, 0.5) is 0 Å². The minimum atomic E-state index is -0.177. The fourth-order valence-electron chi connectivity index (χ4n) is 2.24. The lowest BCUT2D eigenvalue weighted by molar-refractivity contribution is -0.123. The molecule has 1 amide bonds. The first-order valence-corrected chi connectivity index (χ1v) is 6.98. The fraction of sp³-hybridized carbons (Fsp3) is 0.929. The van der Waals surface area contributed by atoms with E-state index in [1.165, 1.54) is 0 Å². The number of nitrogens with one attached hydrogen (secondary N) is 1. The van der Waals surface area contributed by atoms with Crippen molar-refractivity contribution in [3.8, 4) is 0 Å². The van der Waals surface area contributed by atoms with Gasteiger partial charge in [-0.3, -0.25) is 9.69 Å². The van der Waals surface area contributed by atoms with Crippen LogP contribution >= 0.6 is 0 Å². The van der Waals surface area contributed by atoms with Gasteiger partial charge in [-0.2, -0.15) is 0 Å². The summed E-state index contributed by atoms with van der Waals surface area (Å²) in [6.45, 7) is 10.8. The van der Waals surface area contributed by atoms with Gasteiger partial charge in [0.15, 0.2) is 0 Å². The molecule has 3 N–H and O–H groups in total. The topological polar surface area (TPSA) is 58.4 Å². The third kappa shape index (κ3) is 6.36. The van der Waals surface area contributed by atoms with E-state index in [2.05, 4.69) is 31.1 Å². The zero-order valence-electron chi connectivity index (χ0n) is 12.9. The summed E-state index contributed by atoms with van der Waals surface area (Å²) in [5.74, 6) is 0.0794. The Bertz CT molecular complexity index is 244. The second-order valence-electron chi connectivity index (χ2n) is 6.03. The van der Waals surface area contributed by atoms with E-state index in [0.29, 0.717) is 19.0 Å². The van der Waals surface area contributed by atoms with Crippen molar-refractivity contribution in [3.63, 3.8) is 0 Å². The van der Waals surface area contributed by atoms with Crippen LogP contribution in [0, 0.1) is 0 Å². The standard InChI is InChI=1S/C14H31N3O/c1-7-11(8-2)17(6)12(10-15)9-13(18)16-14(3,4)5/h11-12H,7-10,15H2,1-6H3,(H,16,18). The summed E-state index contributed by atoms with van der Waals surface area (Å²) in [4.78, 5) is 14.2. The first-order valence-electron chi connectivity index (χ1n) is 6.98. The lowest BCUT2D eigenvalue weighted by Crippen LogP contribution is -2.48. The maximum absolute atomic E-state index is 11.9. The van der Waals surface area contributed by atoms with Crippen molar-refractivity contribution >= 4 is 5.91 Å². The van der Waals surface area contributed by atoms with Crippen LogP contribution < -0.4 is 11.1 Å². The van der Waals surface area contributed by atoms with Crippen LogP contribution in [0.2, 0.25) is 0 Å². The van der Waals surface area contributed by atoms with Crippen molar-refractivity contribution in [2.75, 3.05) is 13.6 Å². The number of carbonyl (C=O) groups is 1. The highest BCUT2D eigenvalue weighted by atomic mass is 16.1. The van der Waals surface area contributed by atoms with Crippen molar-refractivity contribution < 1.29 is 4.79 Å². The van der Waals surface area contributed by atoms with Crippen molar-refractivity contribution in [1.29, 1.82) is 0 Å². The van der Waals surface area contributed by atoms with E-state index in [0.717, 1.165) is 12.8 Å². The fourth-order valence-corrected chi connectivity index (χ4v) is 2.24. The number of hydrogen-bond donors (Lipinski definition) is 2. The highest BCUT2D eigenvalue weighted by Gasteiger charge is 2.23. The number of rotatable bonds is 7. The quantitative estimate of drug-likeness (QED) is 0.730. The van der Waals surface area contributed by atoms with Crippen LogP contribution in [-0.2, 0) is 4.79 Å². The minimum absolute atomic E-state index is 0.0794. The number of nitrogens with two attached hydrogens (primary N) is 1. The van der Waals surface area contributed by atoms with Crippen molar-refractivity contribution in [3.05, 3.63) is 0 Å². The second kappa shape index (κ2) is 7.74. The van der Waals surface area contributed by atoms with Crippen molar-refractivity contribution in [1.82, 2.24) is 10.2 Å². The van der Waals surface area contributed by atoms with Gasteiger partial charge in [0.05, 0.1) is 0 Å². The molecule has 0 spiro atoms. The highest BCUT2D eigenvalue weighted by Crippen LogP contribution is 2.12. The van der Waals surface area contributed by atoms with Gasteiger partial charge in [-0.1, -0.05) is 13.8 Å². The van der Waals surface area contributed by atoms with Crippen LogP contribution in [0.1, 0.15) is 53.9 Å². The number of carbonyl (C=O) groups excluding carboxylic acids is 1. The Kier molecular flexibility index (Phi) is 7.48. The van der Waals surface area contributed by atoms with Crippen molar-refractivity contribution in [2.24, 2.45) is 5.73 Å². The largest absolute Gasteiger partial charge is 0.351 e. The molecule has 18 heavy (non-hydrogen) atoms. The van der Waals surface area contributed by atoms with Gasteiger partial charge in [0.1, 0.15) is 0 Å². The first-order chi connectivity index (χ1) is 8.25. The maximum atomic E-state index is 11.9. The highest BCUT2D eigenvalue weighted by molar-refractivity contribution is 5.77. The molecule has 0 radical (unpaired) electrons. The smallest absolute Gasteiger partial charge is 0.222 e. The van der Waals surface area contributed by atoms with Gasteiger partial charge in [0.2, 0.25) is 5.91 Å². The Hall–Kier alpha value is -0.610. The molecule has 0 aromatic heterocycles. The van der Waals surface area contributed by atoms with E-state index in [1.54, 1.807) is 0 Å². The lowest BCUT2D eigenvalue weighted by Gasteiger charge is -2.34. The van der Waals surface area contributed by atoms with E-state index in [1.807, 2.05) is 20.8 Å². The van der Waals surface area contributed by atoms with Crippen LogP contribution in [0.25, 0.3) is 0 Å². The Balaban J connectivity index is 4.46. The predicted octanol–water partition coefficient (Wildman–Crippen LogP) is 1.74. The molecule has 0 heterocycles. The molecule has 0 aliphatic carbocycles. The summed E-state index contributed by atoms with van der Waals surface area (Å²) < 4.78 is 0. The third-order valence-electron chi connectivity index (χ3n) is 3.30. The van der Waals surface area contributed by atoms with E-state index in [-0.39, 0.29) is 17.5 Å². The molecule has 4 heteroatoms. The van der Waals surface area contributed by atoms with Gasteiger partial charge >= 0.3 is 0 Å². The predicted molar refractivity (Wildman–Crippen MR) is 77.5 cm³/mol. The summed E-state index contributed by atoms with van der Waals surface area (Å²) in [5.41, 5.74) is 5.63. The van der Waals surface area contributed by atoms with Gasteiger partial charge in [-0.05, 0) is 40.7 Å². The SMILES string of the molecule is CCC(CC)N(C)C(CN)CC(=O)NC(C)(C)C. The molecule has 0 rings (SSSR count). The molecule has 0 aromatic carbocycles. The van der Waals surface area contributed by atoms with Crippen LogP contribution in [0.5, 0.6) is 0 Å². The molecule has 0 aliphatic heterocycles. The summed E-state index contributed by atoms with van der Waals surface area (Å²) in [7, 11) is 2.07. The zero-order chi connectivity index (χ0) is 14.3. The molecule has 108 valence electrons. The second-order valence-corrected chi connectivity index (χ2v) is 6.03. The number of hydrogen-bond acceptors (Lipinski definition) is 3. The molecule has 1 unspecified atom stereocenters. The number of amides is 1. The summed E-state index contributed by atoms with van der Waals surface area (Å²) in [5, 5.41) is 2.99. The molecule has 1 atom stereocenters. The molecule has 0 aliphatic rings. The van der Waals surface area contributed by atoms with Crippen LogP contribution in [0.3, 0.4) is 0 Å². The Morgan fingerprint density at radius 2 is 1.72 bits per heavy atom. The normalized spacial score (nSPS) is 14.1.